The van der Waals surface area contributed by atoms with Crippen LogP contribution in [0.3, 0.4) is 0 Å². The van der Waals surface area contributed by atoms with E-state index in [1.54, 1.807) is 0 Å². The Kier molecular flexibility index (Phi) is 3.28. The molecule has 0 heterocycles. The lowest BCUT2D eigenvalue weighted by molar-refractivity contribution is 0.0890. The fourth-order valence-corrected chi connectivity index (χ4v) is 2.60. The number of aryl methyl sites for hydroxylation is 1. The number of anilines is 1. The third kappa shape index (κ3) is 2.11. The predicted octanol–water partition coefficient (Wildman–Crippen LogP) is 3.34. The lowest BCUT2D eigenvalue weighted by Gasteiger charge is -2.21. The molecule has 0 radical (unpaired) electrons. The minimum atomic E-state index is 0.206. The molecular weight excluding hydrogens is 198 g/mol. The van der Waals surface area contributed by atoms with E-state index in [4.69, 9.17) is 5.73 Å². The Morgan fingerprint density at radius 2 is 1.94 bits per heavy atom. The summed E-state index contributed by atoms with van der Waals surface area (Å²) in [6, 6.07) is 5.69. The molecule has 1 saturated carbocycles. The largest absolute Gasteiger partial charge is 0.398 e. The molecular formula is C14H19NO. The molecule has 1 fully saturated rings. The average molecular weight is 217 g/mol. The topological polar surface area (TPSA) is 43.1 Å². The molecule has 2 N–H and O–H groups in total. The first-order valence-electron chi connectivity index (χ1n) is 6.09. The number of rotatable bonds is 2. The molecule has 86 valence electrons. The number of ketones is 1. The number of benzene rings is 1. The molecule has 2 heteroatoms. The highest BCUT2D eigenvalue weighted by Crippen LogP contribution is 2.29. The molecule has 2 rings (SSSR count). The van der Waals surface area contributed by atoms with Crippen LogP contribution in [0.1, 0.15) is 48.0 Å². The number of nitrogens with two attached hydrogens (primary N) is 1. The van der Waals surface area contributed by atoms with Crippen LogP contribution >= 0.6 is 0 Å². The van der Waals surface area contributed by atoms with Gasteiger partial charge in [-0.1, -0.05) is 31.4 Å². The number of carbonyl (C=O) groups is 1. The van der Waals surface area contributed by atoms with Gasteiger partial charge in [-0.05, 0) is 31.4 Å². The molecule has 0 atom stereocenters. The van der Waals surface area contributed by atoms with Gasteiger partial charge in [0.15, 0.2) is 5.78 Å². The average Bonchev–Trinajstić information content (AvgIpc) is 2.30. The standard InChI is InChI=1S/C14H19NO/c1-10-6-5-9-12(15)13(10)14(16)11-7-3-2-4-8-11/h5-6,9,11H,2-4,7-8,15H2,1H3. The van der Waals surface area contributed by atoms with Crippen molar-refractivity contribution in [3.05, 3.63) is 29.3 Å². The summed E-state index contributed by atoms with van der Waals surface area (Å²) in [4.78, 5) is 12.4. The van der Waals surface area contributed by atoms with Crippen LogP contribution in [0.25, 0.3) is 0 Å². The smallest absolute Gasteiger partial charge is 0.168 e. The van der Waals surface area contributed by atoms with Gasteiger partial charge in [-0.25, -0.2) is 0 Å². The van der Waals surface area contributed by atoms with Gasteiger partial charge in [0, 0.05) is 17.2 Å². The third-order valence-electron chi connectivity index (χ3n) is 3.53. The highest BCUT2D eigenvalue weighted by atomic mass is 16.1. The van der Waals surface area contributed by atoms with E-state index in [2.05, 4.69) is 0 Å². The normalized spacial score (nSPS) is 17.3. The van der Waals surface area contributed by atoms with Gasteiger partial charge in [-0.3, -0.25) is 4.79 Å². The molecule has 0 aliphatic heterocycles. The fraction of sp³-hybridized carbons (Fsp3) is 0.500. The summed E-state index contributed by atoms with van der Waals surface area (Å²) in [5, 5.41) is 0. The molecule has 0 bridgehead atoms. The Balaban J connectivity index is 2.26. The van der Waals surface area contributed by atoms with Gasteiger partial charge in [0.1, 0.15) is 0 Å². The van der Waals surface area contributed by atoms with Crippen molar-refractivity contribution in [2.45, 2.75) is 39.0 Å². The van der Waals surface area contributed by atoms with Gasteiger partial charge >= 0.3 is 0 Å². The van der Waals surface area contributed by atoms with E-state index in [1.165, 1.54) is 19.3 Å². The summed E-state index contributed by atoms with van der Waals surface area (Å²) >= 11 is 0. The number of nitrogen functional groups attached to an aromatic ring is 1. The van der Waals surface area contributed by atoms with Crippen molar-refractivity contribution in [1.29, 1.82) is 0 Å². The van der Waals surface area contributed by atoms with Crippen LogP contribution in [-0.4, -0.2) is 5.78 Å². The lowest BCUT2D eigenvalue weighted by atomic mass is 9.82. The minimum absolute atomic E-state index is 0.206. The number of carbonyl (C=O) groups excluding carboxylic acids is 1. The molecule has 2 nitrogen and oxygen atoms in total. The Hall–Kier alpha value is -1.31. The minimum Gasteiger partial charge on any atom is -0.398 e. The van der Waals surface area contributed by atoms with Crippen molar-refractivity contribution in [3.8, 4) is 0 Å². The molecule has 0 amide bonds. The van der Waals surface area contributed by atoms with Crippen molar-refractivity contribution in [1.82, 2.24) is 0 Å². The van der Waals surface area contributed by atoms with Gasteiger partial charge < -0.3 is 5.73 Å². The van der Waals surface area contributed by atoms with Crippen molar-refractivity contribution >= 4 is 11.5 Å². The first-order valence-corrected chi connectivity index (χ1v) is 6.09. The molecule has 16 heavy (non-hydrogen) atoms. The van der Waals surface area contributed by atoms with Crippen molar-refractivity contribution < 1.29 is 4.79 Å². The lowest BCUT2D eigenvalue weighted by Crippen LogP contribution is -2.20. The first kappa shape index (κ1) is 11.2. The molecule has 1 aliphatic rings. The first-order chi connectivity index (χ1) is 7.70. The second-order valence-corrected chi connectivity index (χ2v) is 4.74. The Labute approximate surface area is 96.8 Å². The fourth-order valence-electron chi connectivity index (χ4n) is 2.60. The SMILES string of the molecule is Cc1cccc(N)c1C(=O)C1CCCCC1. The Bertz CT molecular complexity index is 371. The van der Waals surface area contributed by atoms with Crippen molar-refractivity contribution in [2.75, 3.05) is 5.73 Å². The van der Waals surface area contributed by atoms with Crippen LogP contribution in [0.5, 0.6) is 0 Å². The molecule has 0 spiro atoms. The molecule has 0 unspecified atom stereocenters. The summed E-state index contributed by atoms with van der Waals surface area (Å²) in [6.07, 6.45) is 5.70. The van der Waals surface area contributed by atoms with E-state index in [-0.39, 0.29) is 11.7 Å². The molecule has 1 aromatic rings. The van der Waals surface area contributed by atoms with Crippen LogP contribution in [-0.2, 0) is 0 Å². The van der Waals surface area contributed by atoms with E-state index in [1.807, 2.05) is 25.1 Å². The third-order valence-corrected chi connectivity index (χ3v) is 3.53. The van der Waals surface area contributed by atoms with Crippen LogP contribution in [0, 0.1) is 12.8 Å². The summed E-state index contributed by atoms with van der Waals surface area (Å²) in [6.45, 7) is 1.96. The zero-order valence-corrected chi connectivity index (χ0v) is 9.83. The second kappa shape index (κ2) is 4.69. The van der Waals surface area contributed by atoms with Crippen LogP contribution < -0.4 is 5.73 Å². The quantitative estimate of drug-likeness (QED) is 0.610. The van der Waals surface area contributed by atoms with E-state index in [0.717, 1.165) is 24.0 Å². The number of hydrogen-bond acceptors (Lipinski definition) is 2. The number of hydrogen-bond donors (Lipinski definition) is 1. The Morgan fingerprint density at radius 1 is 1.25 bits per heavy atom. The van der Waals surface area contributed by atoms with Crippen LogP contribution in [0.2, 0.25) is 0 Å². The highest BCUT2D eigenvalue weighted by Gasteiger charge is 2.24. The monoisotopic (exact) mass is 217 g/mol. The van der Waals surface area contributed by atoms with Gasteiger partial charge in [0.05, 0.1) is 0 Å². The highest BCUT2D eigenvalue weighted by molar-refractivity contribution is 6.03. The maximum atomic E-state index is 12.4. The van der Waals surface area contributed by atoms with Crippen molar-refractivity contribution in [2.24, 2.45) is 5.92 Å². The van der Waals surface area contributed by atoms with E-state index in [0.29, 0.717) is 5.69 Å². The van der Waals surface area contributed by atoms with E-state index >= 15 is 0 Å². The van der Waals surface area contributed by atoms with E-state index < -0.39 is 0 Å². The van der Waals surface area contributed by atoms with Gasteiger partial charge in [-0.2, -0.15) is 0 Å². The predicted molar refractivity (Wildman–Crippen MR) is 66.5 cm³/mol. The zero-order chi connectivity index (χ0) is 11.5. The zero-order valence-electron chi connectivity index (χ0n) is 9.83. The summed E-state index contributed by atoms with van der Waals surface area (Å²) in [5.41, 5.74) is 8.31. The maximum Gasteiger partial charge on any atom is 0.168 e. The summed E-state index contributed by atoms with van der Waals surface area (Å²) < 4.78 is 0. The molecule has 0 saturated heterocycles. The van der Waals surface area contributed by atoms with Gasteiger partial charge in [-0.15, -0.1) is 0 Å². The summed E-state index contributed by atoms with van der Waals surface area (Å²) in [5.74, 6) is 0.465. The van der Waals surface area contributed by atoms with Gasteiger partial charge in [0.25, 0.3) is 0 Å². The molecule has 1 aliphatic carbocycles. The maximum absolute atomic E-state index is 12.4. The summed E-state index contributed by atoms with van der Waals surface area (Å²) in [7, 11) is 0. The van der Waals surface area contributed by atoms with Crippen LogP contribution in [0.4, 0.5) is 5.69 Å². The molecule has 1 aromatic carbocycles. The van der Waals surface area contributed by atoms with Crippen molar-refractivity contribution in [3.63, 3.8) is 0 Å². The second-order valence-electron chi connectivity index (χ2n) is 4.74. The number of Topliss-reactive ketones (excluding diaryl/α,β-unsaturated/α-hetero) is 1. The van der Waals surface area contributed by atoms with Crippen LogP contribution in [0.15, 0.2) is 18.2 Å². The van der Waals surface area contributed by atoms with E-state index in [9.17, 15) is 4.79 Å². The molecule has 0 aromatic heterocycles. The Morgan fingerprint density at radius 3 is 2.56 bits per heavy atom. The van der Waals surface area contributed by atoms with Gasteiger partial charge in [0.2, 0.25) is 0 Å².